The van der Waals surface area contributed by atoms with Crippen LogP contribution in [-0.4, -0.2) is 49.1 Å². The minimum Gasteiger partial charge on any atom is -0.394 e. The Morgan fingerprint density at radius 2 is 2.39 bits per heavy atom. The molecule has 0 aliphatic carbocycles. The molecule has 3 amide bonds. The molecule has 18 heavy (non-hydrogen) atoms. The number of hydrogen-bond donors (Lipinski definition) is 4. The highest BCUT2D eigenvalue weighted by Crippen LogP contribution is 2.17. The number of hydrogen-bond acceptors (Lipinski definition) is 4. The third kappa shape index (κ3) is 4.70. The van der Waals surface area contributed by atoms with Crippen LogP contribution in [0.15, 0.2) is 0 Å². The Morgan fingerprint density at radius 1 is 1.61 bits per heavy atom. The largest absolute Gasteiger partial charge is 0.394 e. The van der Waals surface area contributed by atoms with E-state index in [1.54, 1.807) is 0 Å². The van der Waals surface area contributed by atoms with Gasteiger partial charge in [-0.05, 0) is 19.3 Å². The number of nitrogens with one attached hydrogen (secondary N) is 3. The fourth-order valence-corrected chi connectivity index (χ4v) is 2.00. The highest BCUT2D eigenvalue weighted by molar-refractivity contribution is 5.81. The van der Waals surface area contributed by atoms with Gasteiger partial charge < -0.3 is 21.1 Å². The number of rotatable bonds is 7. The summed E-state index contributed by atoms with van der Waals surface area (Å²) in [6.07, 6.45) is 2.53. The van der Waals surface area contributed by atoms with Crippen molar-refractivity contribution in [3.63, 3.8) is 0 Å². The van der Waals surface area contributed by atoms with Crippen LogP contribution in [0, 0.1) is 5.92 Å². The van der Waals surface area contributed by atoms with E-state index in [1.165, 1.54) is 0 Å². The fraction of sp³-hybridized carbons (Fsp3) is 0.727. The van der Waals surface area contributed by atoms with Crippen LogP contribution < -0.4 is 16.0 Å². The van der Waals surface area contributed by atoms with E-state index in [9.17, 15) is 19.5 Å². The van der Waals surface area contributed by atoms with Gasteiger partial charge in [0, 0.05) is 12.5 Å². The molecule has 1 aliphatic heterocycles. The van der Waals surface area contributed by atoms with Gasteiger partial charge in [-0.2, -0.15) is 0 Å². The van der Waals surface area contributed by atoms with E-state index in [-0.39, 0.29) is 30.9 Å². The SMILES string of the molecule is O=CNCC(=O)N[C@H](CO)C[C@@H]1CCCNC1=O. The molecule has 0 saturated carbocycles. The van der Waals surface area contributed by atoms with E-state index < -0.39 is 6.04 Å². The zero-order valence-corrected chi connectivity index (χ0v) is 10.1. The Hall–Kier alpha value is -1.63. The average Bonchev–Trinajstić information content (AvgIpc) is 2.38. The maximum Gasteiger partial charge on any atom is 0.239 e. The first-order valence-electron chi connectivity index (χ1n) is 6.02. The van der Waals surface area contributed by atoms with E-state index in [0.29, 0.717) is 19.4 Å². The standard InChI is InChI=1S/C11H19N3O4/c15-6-9(14-10(17)5-12-7-16)4-8-2-1-3-13-11(8)18/h7-9,15H,1-6H2,(H,12,16)(H,13,18)(H,14,17)/t8-,9-/m0/s1. The molecule has 0 aromatic carbocycles. The smallest absolute Gasteiger partial charge is 0.239 e. The summed E-state index contributed by atoms with van der Waals surface area (Å²) in [6, 6.07) is -0.459. The van der Waals surface area contributed by atoms with Crippen LogP contribution in [0.4, 0.5) is 0 Å². The van der Waals surface area contributed by atoms with E-state index in [4.69, 9.17) is 0 Å². The number of carbonyl (C=O) groups excluding carboxylic acids is 3. The summed E-state index contributed by atoms with van der Waals surface area (Å²) in [5, 5.41) is 16.8. The van der Waals surface area contributed by atoms with Crippen molar-refractivity contribution in [3.8, 4) is 0 Å². The van der Waals surface area contributed by atoms with Crippen LogP contribution in [0.5, 0.6) is 0 Å². The van der Waals surface area contributed by atoms with Crippen LogP contribution in [0.1, 0.15) is 19.3 Å². The summed E-state index contributed by atoms with van der Waals surface area (Å²) in [6.45, 7) is 0.336. The predicted molar refractivity (Wildman–Crippen MR) is 63.4 cm³/mol. The first-order chi connectivity index (χ1) is 8.67. The van der Waals surface area contributed by atoms with Crippen molar-refractivity contribution in [3.05, 3.63) is 0 Å². The number of piperidine rings is 1. The van der Waals surface area contributed by atoms with Crippen molar-refractivity contribution in [2.75, 3.05) is 19.7 Å². The van der Waals surface area contributed by atoms with Gasteiger partial charge in [-0.25, -0.2) is 0 Å². The summed E-state index contributed by atoms with van der Waals surface area (Å²) >= 11 is 0. The lowest BCUT2D eigenvalue weighted by molar-refractivity contribution is -0.128. The third-order valence-electron chi connectivity index (χ3n) is 2.90. The second-order valence-electron chi connectivity index (χ2n) is 4.31. The van der Waals surface area contributed by atoms with Crippen LogP contribution in [-0.2, 0) is 14.4 Å². The molecule has 0 spiro atoms. The Bertz CT molecular complexity index is 309. The molecule has 0 radical (unpaired) electrons. The molecule has 1 saturated heterocycles. The number of carbonyl (C=O) groups is 3. The molecule has 2 atom stereocenters. The van der Waals surface area contributed by atoms with Crippen molar-refractivity contribution >= 4 is 18.2 Å². The second kappa shape index (κ2) is 7.65. The van der Waals surface area contributed by atoms with Crippen LogP contribution in [0.2, 0.25) is 0 Å². The molecule has 0 bridgehead atoms. The monoisotopic (exact) mass is 257 g/mol. The molecule has 7 heteroatoms. The van der Waals surface area contributed by atoms with Gasteiger partial charge in [-0.1, -0.05) is 0 Å². The molecular weight excluding hydrogens is 238 g/mol. The van der Waals surface area contributed by atoms with Gasteiger partial charge in [0.1, 0.15) is 0 Å². The highest BCUT2D eigenvalue weighted by Gasteiger charge is 2.25. The van der Waals surface area contributed by atoms with E-state index in [1.807, 2.05) is 0 Å². The molecule has 7 nitrogen and oxygen atoms in total. The summed E-state index contributed by atoms with van der Waals surface area (Å²) in [5.41, 5.74) is 0. The lowest BCUT2D eigenvalue weighted by atomic mass is 9.92. The Morgan fingerprint density at radius 3 is 3.00 bits per heavy atom. The van der Waals surface area contributed by atoms with E-state index in [2.05, 4.69) is 16.0 Å². The molecule has 0 unspecified atom stereocenters. The van der Waals surface area contributed by atoms with Gasteiger partial charge in [-0.3, -0.25) is 14.4 Å². The second-order valence-corrected chi connectivity index (χ2v) is 4.31. The Labute approximate surface area is 105 Å². The normalized spacial score (nSPS) is 20.7. The summed E-state index contributed by atoms with van der Waals surface area (Å²) < 4.78 is 0. The molecule has 1 aliphatic rings. The van der Waals surface area contributed by atoms with Crippen molar-refractivity contribution in [2.24, 2.45) is 5.92 Å². The number of amides is 3. The van der Waals surface area contributed by atoms with Gasteiger partial charge in [0.25, 0.3) is 0 Å². The number of aliphatic hydroxyl groups is 1. The summed E-state index contributed by atoms with van der Waals surface area (Å²) in [7, 11) is 0. The molecule has 0 aromatic rings. The van der Waals surface area contributed by atoms with Gasteiger partial charge in [0.05, 0.1) is 19.2 Å². The maximum atomic E-state index is 11.5. The molecule has 1 heterocycles. The Balaban J connectivity index is 2.38. The van der Waals surface area contributed by atoms with Crippen molar-refractivity contribution < 1.29 is 19.5 Å². The number of aliphatic hydroxyl groups excluding tert-OH is 1. The van der Waals surface area contributed by atoms with Gasteiger partial charge in [0.15, 0.2) is 0 Å². The molecule has 4 N–H and O–H groups in total. The topological polar surface area (TPSA) is 108 Å². The zero-order chi connectivity index (χ0) is 13.4. The van der Waals surface area contributed by atoms with Gasteiger partial charge in [-0.15, -0.1) is 0 Å². The zero-order valence-electron chi connectivity index (χ0n) is 10.1. The van der Waals surface area contributed by atoms with Crippen molar-refractivity contribution in [1.82, 2.24) is 16.0 Å². The first-order valence-corrected chi connectivity index (χ1v) is 6.02. The minimum atomic E-state index is -0.459. The fourth-order valence-electron chi connectivity index (χ4n) is 2.00. The first kappa shape index (κ1) is 14.4. The molecule has 1 fully saturated rings. The molecule has 1 rings (SSSR count). The highest BCUT2D eigenvalue weighted by atomic mass is 16.3. The van der Waals surface area contributed by atoms with E-state index in [0.717, 1.165) is 12.8 Å². The quantitative estimate of drug-likeness (QED) is 0.401. The third-order valence-corrected chi connectivity index (χ3v) is 2.90. The minimum absolute atomic E-state index is 0.0278. The van der Waals surface area contributed by atoms with Crippen LogP contribution >= 0.6 is 0 Å². The van der Waals surface area contributed by atoms with Gasteiger partial charge in [0.2, 0.25) is 18.2 Å². The summed E-state index contributed by atoms with van der Waals surface area (Å²) in [5.74, 6) is -0.576. The lowest BCUT2D eigenvalue weighted by Gasteiger charge is -2.25. The van der Waals surface area contributed by atoms with Gasteiger partial charge >= 0.3 is 0 Å². The maximum absolute atomic E-state index is 11.5. The summed E-state index contributed by atoms with van der Waals surface area (Å²) in [4.78, 5) is 32.9. The van der Waals surface area contributed by atoms with E-state index >= 15 is 0 Å². The van der Waals surface area contributed by atoms with Crippen LogP contribution in [0.25, 0.3) is 0 Å². The van der Waals surface area contributed by atoms with Crippen molar-refractivity contribution in [1.29, 1.82) is 0 Å². The average molecular weight is 257 g/mol. The van der Waals surface area contributed by atoms with Crippen LogP contribution in [0.3, 0.4) is 0 Å². The van der Waals surface area contributed by atoms with Crippen molar-refractivity contribution in [2.45, 2.75) is 25.3 Å². The predicted octanol–water partition coefficient (Wildman–Crippen LogP) is -1.87. The Kier molecular flexibility index (Phi) is 6.13. The molecule has 0 aromatic heterocycles. The molecular formula is C11H19N3O4. The molecule has 102 valence electrons. The lowest BCUT2D eigenvalue weighted by Crippen LogP contribution is -2.46.